The lowest BCUT2D eigenvalue weighted by Crippen LogP contribution is -2.06. The smallest absolute Gasteiger partial charge is 0.118 e. The van der Waals surface area contributed by atoms with Gasteiger partial charge in [0.25, 0.3) is 0 Å². The zero-order chi connectivity index (χ0) is 18.8. The molecule has 134 valence electrons. The summed E-state index contributed by atoms with van der Waals surface area (Å²) in [4.78, 5) is 0. The second-order valence-corrected chi connectivity index (χ2v) is 7.50. The SMILES string of the molecule is Oc1ccccc1CC(c1ccc2ccccc2c1)c1ccc(Cl)cc1Cl. The number of aromatic hydroxyl groups is 1. The molecular formula is C24H18Cl2O. The number of hydrogen-bond donors (Lipinski definition) is 1. The van der Waals surface area contributed by atoms with E-state index in [1.165, 1.54) is 10.8 Å². The predicted octanol–water partition coefficient (Wildman–Crippen LogP) is 7.23. The van der Waals surface area contributed by atoms with E-state index in [4.69, 9.17) is 23.2 Å². The van der Waals surface area contributed by atoms with E-state index in [1.807, 2.05) is 42.5 Å². The molecule has 1 atom stereocenters. The minimum atomic E-state index is 0.00710. The van der Waals surface area contributed by atoms with Crippen LogP contribution in [0.1, 0.15) is 22.6 Å². The first-order valence-electron chi connectivity index (χ1n) is 8.82. The maximum Gasteiger partial charge on any atom is 0.118 e. The van der Waals surface area contributed by atoms with Gasteiger partial charge in [0.1, 0.15) is 5.75 Å². The third-order valence-electron chi connectivity index (χ3n) is 4.93. The van der Waals surface area contributed by atoms with Crippen LogP contribution in [0.15, 0.2) is 84.9 Å². The van der Waals surface area contributed by atoms with Crippen LogP contribution in [0, 0.1) is 0 Å². The van der Waals surface area contributed by atoms with Crippen molar-refractivity contribution in [3.05, 3.63) is 112 Å². The molecule has 0 saturated carbocycles. The average Bonchev–Trinajstić information content (AvgIpc) is 2.68. The molecule has 0 saturated heterocycles. The van der Waals surface area contributed by atoms with Crippen LogP contribution >= 0.6 is 23.2 Å². The van der Waals surface area contributed by atoms with Crippen LogP contribution < -0.4 is 0 Å². The van der Waals surface area contributed by atoms with Crippen molar-refractivity contribution in [1.82, 2.24) is 0 Å². The Bertz CT molecular complexity index is 1100. The summed E-state index contributed by atoms with van der Waals surface area (Å²) < 4.78 is 0. The molecule has 0 aliphatic heterocycles. The van der Waals surface area contributed by atoms with Crippen molar-refractivity contribution in [2.75, 3.05) is 0 Å². The molecule has 0 amide bonds. The lowest BCUT2D eigenvalue weighted by Gasteiger charge is -2.21. The number of phenols is 1. The number of benzene rings is 4. The predicted molar refractivity (Wildman–Crippen MR) is 114 cm³/mol. The monoisotopic (exact) mass is 392 g/mol. The first-order chi connectivity index (χ1) is 13.1. The van der Waals surface area contributed by atoms with E-state index >= 15 is 0 Å². The Morgan fingerprint density at radius 1 is 0.741 bits per heavy atom. The van der Waals surface area contributed by atoms with Gasteiger partial charge in [-0.1, -0.05) is 89.9 Å². The van der Waals surface area contributed by atoms with Gasteiger partial charge in [-0.2, -0.15) is 0 Å². The third kappa shape index (κ3) is 3.80. The van der Waals surface area contributed by atoms with Crippen LogP contribution in [0.3, 0.4) is 0 Å². The molecule has 3 heteroatoms. The second-order valence-electron chi connectivity index (χ2n) is 6.66. The first-order valence-corrected chi connectivity index (χ1v) is 9.58. The fourth-order valence-electron chi connectivity index (χ4n) is 3.52. The Morgan fingerprint density at radius 3 is 2.26 bits per heavy atom. The highest BCUT2D eigenvalue weighted by Gasteiger charge is 2.20. The van der Waals surface area contributed by atoms with Crippen LogP contribution in [0.4, 0.5) is 0 Å². The highest BCUT2D eigenvalue weighted by atomic mass is 35.5. The van der Waals surface area contributed by atoms with E-state index in [0.29, 0.717) is 22.2 Å². The molecule has 4 rings (SSSR count). The van der Waals surface area contributed by atoms with Gasteiger partial charge in [-0.25, -0.2) is 0 Å². The highest BCUT2D eigenvalue weighted by Crippen LogP contribution is 2.37. The van der Waals surface area contributed by atoms with Crippen LogP contribution in [-0.2, 0) is 6.42 Å². The zero-order valence-electron chi connectivity index (χ0n) is 14.6. The standard InChI is InChI=1S/C24H18Cl2O/c25-20-11-12-21(23(26)15-20)22(14-19-7-3-4-8-24(19)27)18-10-9-16-5-1-2-6-17(16)13-18/h1-13,15,22,27H,14H2. The molecule has 0 spiro atoms. The molecule has 4 aromatic rings. The number of fused-ring (bicyclic) bond motifs is 1. The summed E-state index contributed by atoms with van der Waals surface area (Å²) in [6, 6.07) is 27.8. The van der Waals surface area contributed by atoms with Gasteiger partial charge in [0, 0.05) is 16.0 Å². The Balaban J connectivity index is 1.84. The van der Waals surface area contributed by atoms with Crippen LogP contribution in [0.2, 0.25) is 10.0 Å². The van der Waals surface area contributed by atoms with Crippen molar-refractivity contribution in [3.8, 4) is 5.75 Å². The molecule has 0 radical (unpaired) electrons. The van der Waals surface area contributed by atoms with Gasteiger partial charge in [-0.05, 0) is 52.1 Å². The van der Waals surface area contributed by atoms with Crippen molar-refractivity contribution >= 4 is 34.0 Å². The molecule has 0 heterocycles. The van der Waals surface area contributed by atoms with E-state index < -0.39 is 0 Å². The van der Waals surface area contributed by atoms with Gasteiger partial charge in [0.15, 0.2) is 0 Å². The van der Waals surface area contributed by atoms with E-state index in [9.17, 15) is 5.11 Å². The number of rotatable bonds is 4. The maximum atomic E-state index is 10.3. The molecular weight excluding hydrogens is 375 g/mol. The Morgan fingerprint density at radius 2 is 1.48 bits per heavy atom. The van der Waals surface area contributed by atoms with Gasteiger partial charge >= 0.3 is 0 Å². The quantitative estimate of drug-likeness (QED) is 0.388. The summed E-state index contributed by atoms with van der Waals surface area (Å²) in [5.41, 5.74) is 3.04. The summed E-state index contributed by atoms with van der Waals surface area (Å²) in [5.74, 6) is 0.307. The van der Waals surface area contributed by atoms with Gasteiger partial charge in [-0.3, -0.25) is 0 Å². The van der Waals surface area contributed by atoms with Gasteiger partial charge in [0.2, 0.25) is 0 Å². The summed E-state index contributed by atoms with van der Waals surface area (Å²) in [5, 5.41) is 13.9. The van der Waals surface area contributed by atoms with E-state index in [1.54, 1.807) is 12.1 Å². The molecule has 27 heavy (non-hydrogen) atoms. The molecule has 0 fully saturated rings. The van der Waals surface area contributed by atoms with Crippen molar-refractivity contribution in [1.29, 1.82) is 0 Å². The molecule has 1 unspecified atom stereocenters. The molecule has 4 aromatic carbocycles. The number of halogens is 2. The second kappa shape index (κ2) is 7.64. The van der Waals surface area contributed by atoms with Crippen LogP contribution in [0.5, 0.6) is 5.75 Å². The van der Waals surface area contributed by atoms with Gasteiger partial charge in [0.05, 0.1) is 0 Å². The fraction of sp³-hybridized carbons (Fsp3) is 0.0833. The van der Waals surface area contributed by atoms with E-state index in [0.717, 1.165) is 16.7 Å². The highest BCUT2D eigenvalue weighted by molar-refractivity contribution is 6.35. The number of hydrogen-bond acceptors (Lipinski definition) is 1. The Labute approximate surface area is 168 Å². The first kappa shape index (κ1) is 17.9. The lowest BCUT2D eigenvalue weighted by atomic mass is 9.85. The average molecular weight is 393 g/mol. The molecule has 0 aliphatic rings. The summed E-state index contributed by atoms with van der Waals surface area (Å²) in [7, 11) is 0. The summed E-state index contributed by atoms with van der Waals surface area (Å²) in [6.45, 7) is 0. The molecule has 1 N–H and O–H groups in total. The van der Waals surface area contributed by atoms with Crippen molar-refractivity contribution < 1.29 is 5.11 Å². The zero-order valence-corrected chi connectivity index (χ0v) is 16.1. The van der Waals surface area contributed by atoms with Crippen molar-refractivity contribution in [3.63, 3.8) is 0 Å². The summed E-state index contributed by atoms with van der Waals surface area (Å²) >= 11 is 12.7. The van der Waals surface area contributed by atoms with E-state index in [2.05, 4.69) is 30.3 Å². The van der Waals surface area contributed by atoms with Crippen LogP contribution in [-0.4, -0.2) is 5.11 Å². The fourth-order valence-corrected chi connectivity index (χ4v) is 4.06. The third-order valence-corrected chi connectivity index (χ3v) is 5.49. The van der Waals surface area contributed by atoms with Crippen LogP contribution in [0.25, 0.3) is 10.8 Å². The lowest BCUT2D eigenvalue weighted by molar-refractivity contribution is 0.466. The minimum Gasteiger partial charge on any atom is -0.508 e. The maximum absolute atomic E-state index is 10.3. The Kier molecular flexibility index (Phi) is 5.07. The minimum absolute atomic E-state index is 0.00710. The van der Waals surface area contributed by atoms with Gasteiger partial charge in [-0.15, -0.1) is 0 Å². The topological polar surface area (TPSA) is 20.2 Å². The van der Waals surface area contributed by atoms with Crippen molar-refractivity contribution in [2.24, 2.45) is 0 Å². The molecule has 0 bridgehead atoms. The molecule has 1 nitrogen and oxygen atoms in total. The molecule has 0 aliphatic carbocycles. The number of phenolic OH excluding ortho intramolecular Hbond substituents is 1. The number of para-hydroxylation sites is 1. The van der Waals surface area contributed by atoms with E-state index in [-0.39, 0.29) is 5.92 Å². The Hall–Kier alpha value is -2.48. The molecule has 0 aromatic heterocycles. The summed E-state index contributed by atoms with van der Waals surface area (Å²) in [6.07, 6.45) is 0.645. The largest absolute Gasteiger partial charge is 0.508 e. The van der Waals surface area contributed by atoms with Crippen molar-refractivity contribution in [2.45, 2.75) is 12.3 Å². The normalized spacial score (nSPS) is 12.2. The van der Waals surface area contributed by atoms with Gasteiger partial charge < -0.3 is 5.11 Å².